The summed E-state index contributed by atoms with van der Waals surface area (Å²) in [7, 11) is 0. The molecule has 0 amide bonds. The summed E-state index contributed by atoms with van der Waals surface area (Å²) in [6, 6.07) is 0. The molecule has 1 unspecified atom stereocenters. The zero-order valence-corrected chi connectivity index (χ0v) is 6.33. The van der Waals surface area contributed by atoms with Gasteiger partial charge in [-0.05, 0) is 12.3 Å². The first-order valence-electron chi connectivity index (χ1n) is 3.40. The van der Waals surface area contributed by atoms with E-state index in [0.29, 0.717) is 12.3 Å². The average Bonchev–Trinajstić information content (AvgIpc) is 1.58. The van der Waals surface area contributed by atoms with Crippen LogP contribution in [0.5, 0.6) is 0 Å². The van der Waals surface area contributed by atoms with Crippen LogP contribution in [0.25, 0.3) is 0 Å². The lowest BCUT2D eigenvalue weighted by molar-refractivity contribution is -0.307. The molecule has 3 heteroatoms. The highest BCUT2D eigenvalue weighted by molar-refractivity contribution is 5.64. The number of hydrogen-bond acceptors (Lipinski definition) is 3. The molecule has 0 rings (SSSR count). The Kier molecular flexibility index (Phi) is 4.03. The Morgan fingerprint density at radius 2 is 2.10 bits per heavy atom. The van der Waals surface area contributed by atoms with E-state index in [4.69, 9.17) is 5.11 Å². The SMILES string of the molecule is CC(C)CC(O)CC(=O)[O-]. The predicted molar refractivity (Wildman–Crippen MR) is 35.1 cm³/mol. The number of aliphatic carboxylic acids is 1. The highest BCUT2D eigenvalue weighted by Gasteiger charge is 2.05. The van der Waals surface area contributed by atoms with Crippen molar-refractivity contribution in [3.63, 3.8) is 0 Å². The van der Waals surface area contributed by atoms with Gasteiger partial charge in [0.15, 0.2) is 0 Å². The zero-order chi connectivity index (χ0) is 8.15. The first-order valence-corrected chi connectivity index (χ1v) is 3.40. The number of aliphatic hydroxyl groups is 1. The van der Waals surface area contributed by atoms with E-state index in [1.54, 1.807) is 0 Å². The molecule has 3 nitrogen and oxygen atoms in total. The molecule has 0 aliphatic carbocycles. The molecule has 0 spiro atoms. The molecule has 0 aromatic carbocycles. The lowest BCUT2D eigenvalue weighted by Gasteiger charge is -2.12. The fourth-order valence-corrected chi connectivity index (χ4v) is 0.820. The Bertz CT molecular complexity index is 109. The van der Waals surface area contributed by atoms with Crippen LogP contribution in [0.1, 0.15) is 26.7 Å². The Hall–Kier alpha value is -0.570. The molecule has 0 aromatic rings. The quantitative estimate of drug-likeness (QED) is 0.582. The van der Waals surface area contributed by atoms with Crippen LogP contribution in [0, 0.1) is 5.92 Å². The monoisotopic (exact) mass is 145 g/mol. The normalized spacial score (nSPS) is 13.6. The largest absolute Gasteiger partial charge is 0.550 e. The summed E-state index contributed by atoms with van der Waals surface area (Å²) in [5.41, 5.74) is 0. The minimum Gasteiger partial charge on any atom is -0.550 e. The third-order valence-electron chi connectivity index (χ3n) is 1.15. The number of hydrogen-bond donors (Lipinski definition) is 1. The van der Waals surface area contributed by atoms with Crippen LogP contribution in [0.15, 0.2) is 0 Å². The van der Waals surface area contributed by atoms with Gasteiger partial charge in [-0.25, -0.2) is 0 Å². The van der Waals surface area contributed by atoms with Gasteiger partial charge >= 0.3 is 0 Å². The maximum atomic E-state index is 9.92. The summed E-state index contributed by atoms with van der Waals surface area (Å²) in [4.78, 5) is 9.92. The lowest BCUT2D eigenvalue weighted by Crippen LogP contribution is -2.27. The second-order valence-corrected chi connectivity index (χ2v) is 2.86. The fourth-order valence-electron chi connectivity index (χ4n) is 0.820. The Morgan fingerprint density at radius 3 is 2.40 bits per heavy atom. The summed E-state index contributed by atoms with van der Waals surface area (Å²) in [5.74, 6) is -0.859. The Labute approximate surface area is 60.7 Å². The number of rotatable bonds is 4. The van der Waals surface area contributed by atoms with Gasteiger partial charge in [-0.3, -0.25) is 0 Å². The van der Waals surface area contributed by atoms with E-state index in [0.717, 1.165) is 0 Å². The highest BCUT2D eigenvalue weighted by Crippen LogP contribution is 2.06. The van der Waals surface area contributed by atoms with Crippen molar-refractivity contribution in [2.45, 2.75) is 32.8 Å². The van der Waals surface area contributed by atoms with Crippen LogP contribution < -0.4 is 5.11 Å². The van der Waals surface area contributed by atoms with Crippen molar-refractivity contribution in [3.8, 4) is 0 Å². The standard InChI is InChI=1S/C7H14O3/c1-5(2)3-6(8)4-7(9)10/h5-6,8H,3-4H2,1-2H3,(H,9,10)/p-1. The van der Waals surface area contributed by atoms with Gasteiger partial charge in [-0.2, -0.15) is 0 Å². The van der Waals surface area contributed by atoms with E-state index in [1.807, 2.05) is 13.8 Å². The van der Waals surface area contributed by atoms with Crippen LogP contribution in [-0.2, 0) is 4.79 Å². The van der Waals surface area contributed by atoms with E-state index in [-0.39, 0.29) is 6.42 Å². The predicted octanol–water partition coefficient (Wildman–Crippen LogP) is -0.467. The first kappa shape index (κ1) is 9.43. The van der Waals surface area contributed by atoms with Crippen LogP contribution in [0.4, 0.5) is 0 Å². The molecule has 0 aromatic heterocycles. The maximum Gasteiger partial charge on any atom is 0.0594 e. The maximum absolute atomic E-state index is 9.92. The molecular formula is C7H13O3-. The molecular weight excluding hydrogens is 132 g/mol. The van der Waals surface area contributed by atoms with Gasteiger partial charge in [-0.15, -0.1) is 0 Å². The van der Waals surface area contributed by atoms with Gasteiger partial charge in [0.2, 0.25) is 0 Å². The minimum absolute atomic E-state index is 0.252. The van der Waals surface area contributed by atoms with Crippen molar-refractivity contribution in [3.05, 3.63) is 0 Å². The van der Waals surface area contributed by atoms with Crippen molar-refractivity contribution in [2.75, 3.05) is 0 Å². The molecule has 0 bridgehead atoms. The third-order valence-corrected chi connectivity index (χ3v) is 1.15. The van der Waals surface area contributed by atoms with Gasteiger partial charge in [-0.1, -0.05) is 13.8 Å². The molecule has 1 atom stereocenters. The lowest BCUT2D eigenvalue weighted by atomic mass is 10.0. The number of carbonyl (C=O) groups excluding carboxylic acids is 1. The third kappa shape index (κ3) is 5.56. The van der Waals surface area contributed by atoms with Crippen molar-refractivity contribution >= 4 is 5.97 Å². The number of aliphatic hydroxyl groups excluding tert-OH is 1. The molecule has 0 heterocycles. The van der Waals surface area contributed by atoms with Crippen LogP contribution >= 0.6 is 0 Å². The van der Waals surface area contributed by atoms with Gasteiger partial charge < -0.3 is 15.0 Å². The molecule has 0 aliphatic heterocycles. The zero-order valence-electron chi connectivity index (χ0n) is 6.33. The first-order chi connectivity index (χ1) is 4.52. The summed E-state index contributed by atoms with van der Waals surface area (Å²) < 4.78 is 0. The van der Waals surface area contributed by atoms with Gasteiger partial charge in [0.05, 0.1) is 6.10 Å². The van der Waals surface area contributed by atoms with Crippen molar-refractivity contribution in [1.29, 1.82) is 0 Å². The van der Waals surface area contributed by atoms with E-state index in [9.17, 15) is 9.90 Å². The molecule has 0 aliphatic rings. The van der Waals surface area contributed by atoms with E-state index in [2.05, 4.69) is 0 Å². The molecule has 60 valence electrons. The van der Waals surface area contributed by atoms with Crippen LogP contribution in [0.3, 0.4) is 0 Å². The van der Waals surface area contributed by atoms with Crippen molar-refractivity contribution in [2.24, 2.45) is 5.92 Å². The molecule has 10 heavy (non-hydrogen) atoms. The molecule has 0 saturated carbocycles. The second-order valence-electron chi connectivity index (χ2n) is 2.86. The van der Waals surface area contributed by atoms with Crippen LogP contribution in [-0.4, -0.2) is 17.2 Å². The fraction of sp³-hybridized carbons (Fsp3) is 0.857. The number of carbonyl (C=O) groups is 1. The summed E-state index contributed by atoms with van der Waals surface area (Å²) >= 11 is 0. The van der Waals surface area contributed by atoms with Gasteiger partial charge in [0.25, 0.3) is 0 Å². The molecule has 0 saturated heterocycles. The van der Waals surface area contributed by atoms with E-state index >= 15 is 0 Å². The van der Waals surface area contributed by atoms with E-state index < -0.39 is 12.1 Å². The van der Waals surface area contributed by atoms with Crippen LogP contribution in [0.2, 0.25) is 0 Å². The molecule has 1 N–H and O–H groups in total. The summed E-state index contributed by atoms with van der Waals surface area (Å²) in [5, 5.41) is 18.9. The number of carboxylic acid groups (broad SMARTS) is 1. The smallest absolute Gasteiger partial charge is 0.0594 e. The highest BCUT2D eigenvalue weighted by atomic mass is 16.4. The van der Waals surface area contributed by atoms with Crippen molar-refractivity contribution < 1.29 is 15.0 Å². The Balaban J connectivity index is 3.43. The summed E-state index contributed by atoms with van der Waals surface area (Å²) in [6.07, 6.45) is -0.475. The molecule has 0 fully saturated rings. The van der Waals surface area contributed by atoms with Crippen molar-refractivity contribution in [1.82, 2.24) is 0 Å². The number of carboxylic acids is 1. The second kappa shape index (κ2) is 4.28. The van der Waals surface area contributed by atoms with Gasteiger partial charge in [0, 0.05) is 12.4 Å². The van der Waals surface area contributed by atoms with E-state index in [1.165, 1.54) is 0 Å². The average molecular weight is 145 g/mol. The topological polar surface area (TPSA) is 60.4 Å². The molecule has 0 radical (unpaired) electrons. The summed E-state index contributed by atoms with van der Waals surface area (Å²) in [6.45, 7) is 3.86. The Morgan fingerprint density at radius 1 is 1.60 bits per heavy atom. The minimum atomic E-state index is -1.19. The van der Waals surface area contributed by atoms with Gasteiger partial charge in [0.1, 0.15) is 0 Å².